The lowest BCUT2D eigenvalue weighted by atomic mass is 10.0. The normalized spacial score (nSPS) is 10.9. The van der Waals surface area contributed by atoms with Crippen molar-refractivity contribution in [2.45, 2.75) is 39.5 Å². The SMILES string of the molecule is CC(C)c1ccc(NC(=O)COCC(=O)Nc2ccc(C(C)C)cc2)cc1. The summed E-state index contributed by atoms with van der Waals surface area (Å²) in [5, 5.41) is 5.51. The van der Waals surface area contributed by atoms with Crippen molar-refractivity contribution in [3.05, 3.63) is 59.7 Å². The van der Waals surface area contributed by atoms with Crippen LogP contribution in [-0.4, -0.2) is 25.0 Å². The number of carbonyl (C=O) groups is 2. The highest BCUT2D eigenvalue weighted by molar-refractivity contribution is 5.93. The van der Waals surface area contributed by atoms with Crippen LogP contribution in [0, 0.1) is 0 Å². The van der Waals surface area contributed by atoms with E-state index in [1.807, 2.05) is 48.5 Å². The molecule has 0 radical (unpaired) electrons. The fourth-order valence-electron chi connectivity index (χ4n) is 2.53. The topological polar surface area (TPSA) is 67.4 Å². The maximum atomic E-state index is 11.9. The Kier molecular flexibility index (Phi) is 7.55. The van der Waals surface area contributed by atoms with Crippen LogP contribution in [0.4, 0.5) is 11.4 Å². The Labute approximate surface area is 161 Å². The number of benzene rings is 2. The summed E-state index contributed by atoms with van der Waals surface area (Å²) in [5.41, 5.74) is 3.84. The molecule has 0 atom stereocenters. The first kappa shape index (κ1) is 20.6. The first-order valence-corrected chi connectivity index (χ1v) is 9.22. The smallest absolute Gasteiger partial charge is 0.250 e. The lowest BCUT2D eigenvalue weighted by Crippen LogP contribution is -2.24. The number of hydrogen-bond acceptors (Lipinski definition) is 3. The van der Waals surface area contributed by atoms with E-state index in [9.17, 15) is 9.59 Å². The van der Waals surface area contributed by atoms with Crippen LogP contribution < -0.4 is 10.6 Å². The summed E-state index contributed by atoms with van der Waals surface area (Å²) in [4.78, 5) is 23.8. The molecule has 0 saturated carbocycles. The summed E-state index contributed by atoms with van der Waals surface area (Å²) in [5.74, 6) is 0.305. The van der Waals surface area contributed by atoms with E-state index >= 15 is 0 Å². The monoisotopic (exact) mass is 368 g/mol. The first-order chi connectivity index (χ1) is 12.8. The van der Waals surface area contributed by atoms with Crippen LogP contribution in [0.5, 0.6) is 0 Å². The van der Waals surface area contributed by atoms with Crippen molar-refractivity contribution in [1.29, 1.82) is 0 Å². The van der Waals surface area contributed by atoms with Gasteiger partial charge in [-0.05, 0) is 47.2 Å². The molecule has 0 unspecified atom stereocenters. The predicted molar refractivity (Wildman–Crippen MR) is 109 cm³/mol. The van der Waals surface area contributed by atoms with Gasteiger partial charge >= 0.3 is 0 Å². The Bertz CT molecular complexity index is 685. The van der Waals surface area contributed by atoms with Crippen LogP contribution in [0.2, 0.25) is 0 Å². The highest BCUT2D eigenvalue weighted by atomic mass is 16.5. The standard InChI is InChI=1S/C22H28N2O3/c1-15(2)17-5-9-19(10-6-17)23-21(25)13-27-14-22(26)24-20-11-7-18(8-12-20)16(3)4/h5-12,15-16H,13-14H2,1-4H3,(H,23,25)(H,24,26). The average Bonchev–Trinajstić information content (AvgIpc) is 2.62. The minimum atomic E-state index is -0.290. The number of ether oxygens (including phenoxy) is 1. The Morgan fingerprint density at radius 3 is 1.33 bits per heavy atom. The molecule has 5 heteroatoms. The van der Waals surface area contributed by atoms with Crippen LogP contribution >= 0.6 is 0 Å². The number of amides is 2. The Morgan fingerprint density at radius 2 is 1.04 bits per heavy atom. The number of carbonyl (C=O) groups excluding carboxylic acids is 2. The first-order valence-electron chi connectivity index (χ1n) is 9.22. The molecular weight excluding hydrogens is 340 g/mol. The molecule has 2 N–H and O–H groups in total. The molecule has 27 heavy (non-hydrogen) atoms. The fraction of sp³-hybridized carbons (Fsp3) is 0.364. The summed E-state index contributed by atoms with van der Waals surface area (Å²) in [7, 11) is 0. The van der Waals surface area contributed by atoms with Crippen molar-refractivity contribution < 1.29 is 14.3 Å². The molecule has 0 fully saturated rings. The number of anilines is 2. The van der Waals surface area contributed by atoms with Gasteiger partial charge in [0.15, 0.2) is 0 Å². The van der Waals surface area contributed by atoms with Gasteiger partial charge in [0.2, 0.25) is 11.8 Å². The highest BCUT2D eigenvalue weighted by Crippen LogP contribution is 2.18. The van der Waals surface area contributed by atoms with Crippen LogP contribution in [-0.2, 0) is 14.3 Å². The third kappa shape index (κ3) is 6.87. The van der Waals surface area contributed by atoms with Gasteiger partial charge in [-0.3, -0.25) is 9.59 Å². The second kappa shape index (κ2) is 9.88. The van der Waals surface area contributed by atoms with Gasteiger partial charge in [0.05, 0.1) is 0 Å². The molecule has 0 saturated heterocycles. The van der Waals surface area contributed by atoms with Gasteiger partial charge in [0.25, 0.3) is 0 Å². The van der Waals surface area contributed by atoms with Gasteiger partial charge in [-0.1, -0.05) is 52.0 Å². The van der Waals surface area contributed by atoms with Gasteiger partial charge in [0, 0.05) is 11.4 Å². The van der Waals surface area contributed by atoms with Gasteiger partial charge in [0.1, 0.15) is 13.2 Å². The number of rotatable bonds is 8. The minimum Gasteiger partial charge on any atom is -0.362 e. The molecule has 2 amide bonds. The summed E-state index contributed by atoms with van der Waals surface area (Å²) in [6.07, 6.45) is 0. The molecule has 0 aliphatic carbocycles. The van der Waals surface area contributed by atoms with Crippen molar-refractivity contribution >= 4 is 23.2 Å². The molecule has 0 aliphatic heterocycles. The van der Waals surface area contributed by atoms with E-state index in [2.05, 4.69) is 38.3 Å². The van der Waals surface area contributed by atoms with Crippen LogP contribution in [0.3, 0.4) is 0 Å². The lowest BCUT2D eigenvalue weighted by molar-refractivity contribution is -0.125. The van der Waals surface area contributed by atoms with Crippen molar-refractivity contribution in [2.75, 3.05) is 23.8 Å². The highest BCUT2D eigenvalue weighted by Gasteiger charge is 2.07. The minimum absolute atomic E-state index is 0.175. The zero-order valence-electron chi connectivity index (χ0n) is 16.4. The van der Waals surface area contributed by atoms with Crippen LogP contribution in [0.1, 0.15) is 50.7 Å². The van der Waals surface area contributed by atoms with Crippen LogP contribution in [0.25, 0.3) is 0 Å². The van der Waals surface area contributed by atoms with E-state index in [0.29, 0.717) is 23.2 Å². The van der Waals surface area contributed by atoms with Gasteiger partial charge in [-0.15, -0.1) is 0 Å². The van der Waals surface area contributed by atoms with Crippen molar-refractivity contribution in [1.82, 2.24) is 0 Å². The second-order valence-electron chi connectivity index (χ2n) is 7.14. The number of nitrogens with one attached hydrogen (secondary N) is 2. The predicted octanol–water partition coefficient (Wildman–Crippen LogP) is 4.53. The maximum Gasteiger partial charge on any atom is 0.250 e. The van der Waals surface area contributed by atoms with Crippen molar-refractivity contribution in [3.63, 3.8) is 0 Å². The van der Waals surface area contributed by atoms with Crippen molar-refractivity contribution in [2.24, 2.45) is 0 Å². The molecule has 2 aromatic rings. The van der Waals surface area contributed by atoms with Gasteiger partial charge in [-0.2, -0.15) is 0 Å². The Morgan fingerprint density at radius 1 is 0.704 bits per heavy atom. The molecule has 144 valence electrons. The van der Waals surface area contributed by atoms with E-state index in [4.69, 9.17) is 4.74 Å². The molecule has 0 bridgehead atoms. The molecule has 0 aliphatic rings. The Balaban J connectivity index is 1.71. The molecule has 0 spiro atoms. The maximum absolute atomic E-state index is 11.9. The van der Waals surface area contributed by atoms with Gasteiger partial charge < -0.3 is 15.4 Å². The third-order valence-electron chi connectivity index (χ3n) is 4.19. The average molecular weight is 368 g/mol. The third-order valence-corrected chi connectivity index (χ3v) is 4.19. The lowest BCUT2D eigenvalue weighted by Gasteiger charge is -2.10. The largest absolute Gasteiger partial charge is 0.362 e. The summed E-state index contributed by atoms with van der Waals surface area (Å²) in [6.45, 7) is 8.11. The zero-order chi connectivity index (χ0) is 19.8. The van der Waals surface area contributed by atoms with E-state index < -0.39 is 0 Å². The molecular formula is C22H28N2O3. The van der Waals surface area contributed by atoms with E-state index in [1.165, 1.54) is 11.1 Å². The van der Waals surface area contributed by atoms with E-state index in [0.717, 1.165) is 0 Å². The fourth-order valence-corrected chi connectivity index (χ4v) is 2.53. The zero-order valence-corrected chi connectivity index (χ0v) is 16.4. The molecule has 2 rings (SSSR count). The van der Waals surface area contributed by atoms with Gasteiger partial charge in [-0.25, -0.2) is 0 Å². The summed E-state index contributed by atoms with van der Waals surface area (Å²) in [6, 6.07) is 15.4. The molecule has 0 aromatic heterocycles. The molecule has 0 heterocycles. The second-order valence-corrected chi connectivity index (χ2v) is 7.14. The number of hydrogen-bond donors (Lipinski definition) is 2. The molecule has 5 nitrogen and oxygen atoms in total. The Hall–Kier alpha value is -2.66. The quantitative estimate of drug-likeness (QED) is 0.719. The summed E-state index contributed by atoms with van der Waals surface area (Å²) >= 11 is 0. The van der Waals surface area contributed by atoms with E-state index in [1.54, 1.807) is 0 Å². The summed E-state index contributed by atoms with van der Waals surface area (Å²) < 4.78 is 5.20. The molecule has 2 aromatic carbocycles. The van der Waals surface area contributed by atoms with Crippen molar-refractivity contribution in [3.8, 4) is 0 Å². The van der Waals surface area contributed by atoms with Crippen LogP contribution in [0.15, 0.2) is 48.5 Å². The van der Waals surface area contributed by atoms with E-state index in [-0.39, 0.29) is 25.0 Å².